The average molecular weight is 333 g/mol. The summed E-state index contributed by atoms with van der Waals surface area (Å²) in [6.07, 6.45) is 2.65. The van der Waals surface area contributed by atoms with Crippen LogP contribution in [-0.4, -0.2) is 34.1 Å². The molecule has 1 aromatic heterocycles. The van der Waals surface area contributed by atoms with E-state index in [9.17, 15) is 9.18 Å². The minimum Gasteiger partial charge on any atom is -0.491 e. The van der Waals surface area contributed by atoms with Crippen LogP contribution in [-0.2, 0) is 4.79 Å². The molecule has 2 aromatic rings. The second kappa shape index (κ2) is 7.42. The van der Waals surface area contributed by atoms with Gasteiger partial charge in [0, 0.05) is 19.9 Å². The molecule has 0 N–H and O–H groups in total. The number of para-hydroxylation sites is 1. The molecule has 1 aliphatic rings. The Balaban J connectivity index is 1.49. The zero-order valence-corrected chi connectivity index (χ0v) is 13.6. The summed E-state index contributed by atoms with van der Waals surface area (Å²) in [6, 6.07) is 6.14. The van der Waals surface area contributed by atoms with Crippen molar-refractivity contribution in [3.63, 3.8) is 0 Å². The predicted molar refractivity (Wildman–Crippen MR) is 83.9 cm³/mol. The van der Waals surface area contributed by atoms with Crippen molar-refractivity contribution in [1.29, 1.82) is 0 Å². The molecular formula is C17H20FN3O3. The topological polar surface area (TPSA) is 68.5 Å². The van der Waals surface area contributed by atoms with E-state index in [-0.39, 0.29) is 17.7 Å². The molecule has 7 heteroatoms. The number of nitrogens with zero attached hydrogens (tertiary/aromatic N) is 3. The molecule has 0 unspecified atom stereocenters. The lowest BCUT2D eigenvalue weighted by Gasteiger charge is -2.22. The van der Waals surface area contributed by atoms with Gasteiger partial charge in [0.1, 0.15) is 0 Å². The molecule has 6 nitrogen and oxygen atoms in total. The van der Waals surface area contributed by atoms with Gasteiger partial charge < -0.3 is 14.2 Å². The van der Waals surface area contributed by atoms with Crippen LogP contribution in [0.25, 0.3) is 0 Å². The number of amides is 1. The Labute approximate surface area is 139 Å². The summed E-state index contributed by atoms with van der Waals surface area (Å²) in [6.45, 7) is 2.73. The predicted octanol–water partition coefficient (Wildman–Crippen LogP) is 3.04. The standard InChI is InChI=1S/C17H20FN3O3/c1-12-19-17(20-24-12)14-7-4-10-21(14)16(22)9-5-11-23-15-8-3-2-6-13(15)18/h2-3,6,8,14H,4-5,7,9-11H2,1H3/t14-/m0/s1. The quantitative estimate of drug-likeness (QED) is 0.760. The molecule has 1 aliphatic heterocycles. The lowest BCUT2D eigenvalue weighted by Crippen LogP contribution is -2.31. The van der Waals surface area contributed by atoms with Gasteiger partial charge in [-0.15, -0.1) is 0 Å². The van der Waals surface area contributed by atoms with Crippen molar-refractivity contribution >= 4 is 5.91 Å². The molecule has 128 valence electrons. The maximum absolute atomic E-state index is 13.4. The van der Waals surface area contributed by atoms with Gasteiger partial charge in [-0.3, -0.25) is 4.79 Å². The largest absolute Gasteiger partial charge is 0.491 e. The van der Waals surface area contributed by atoms with E-state index in [1.54, 1.807) is 30.0 Å². The number of aryl methyl sites for hydroxylation is 1. The van der Waals surface area contributed by atoms with Crippen LogP contribution in [0.15, 0.2) is 28.8 Å². The number of halogens is 1. The number of carbonyl (C=O) groups is 1. The summed E-state index contributed by atoms with van der Waals surface area (Å²) in [5.74, 6) is 0.933. The smallest absolute Gasteiger partial charge is 0.223 e. The Bertz CT molecular complexity index is 704. The van der Waals surface area contributed by atoms with Crippen molar-refractivity contribution in [2.45, 2.75) is 38.6 Å². The summed E-state index contributed by atoms with van der Waals surface area (Å²) in [5, 5.41) is 3.93. The highest BCUT2D eigenvalue weighted by atomic mass is 19.1. The van der Waals surface area contributed by atoms with Crippen LogP contribution in [0.2, 0.25) is 0 Å². The van der Waals surface area contributed by atoms with Crippen molar-refractivity contribution in [3.8, 4) is 5.75 Å². The van der Waals surface area contributed by atoms with E-state index in [0.717, 1.165) is 12.8 Å². The SMILES string of the molecule is Cc1nc([C@@H]2CCCN2C(=O)CCCOc2ccccc2F)no1. The third-order valence-electron chi connectivity index (χ3n) is 4.04. The van der Waals surface area contributed by atoms with Gasteiger partial charge in [0.15, 0.2) is 17.4 Å². The average Bonchev–Trinajstić information content (AvgIpc) is 3.21. The summed E-state index contributed by atoms with van der Waals surface area (Å²) in [7, 11) is 0. The Morgan fingerprint density at radius 3 is 3.04 bits per heavy atom. The van der Waals surface area contributed by atoms with Gasteiger partial charge in [0.2, 0.25) is 11.8 Å². The van der Waals surface area contributed by atoms with Crippen molar-refractivity contribution in [3.05, 3.63) is 41.8 Å². The number of hydrogen-bond acceptors (Lipinski definition) is 5. The van der Waals surface area contributed by atoms with E-state index >= 15 is 0 Å². The summed E-state index contributed by atoms with van der Waals surface area (Å²) in [5.41, 5.74) is 0. The molecule has 0 radical (unpaired) electrons. The zero-order chi connectivity index (χ0) is 16.9. The fraction of sp³-hybridized carbons (Fsp3) is 0.471. The highest BCUT2D eigenvalue weighted by molar-refractivity contribution is 5.76. The molecule has 1 aromatic carbocycles. The van der Waals surface area contributed by atoms with Crippen LogP contribution in [0.3, 0.4) is 0 Å². The molecule has 1 saturated heterocycles. The molecule has 0 bridgehead atoms. The third-order valence-corrected chi connectivity index (χ3v) is 4.04. The maximum atomic E-state index is 13.4. The minimum atomic E-state index is -0.393. The molecule has 24 heavy (non-hydrogen) atoms. The summed E-state index contributed by atoms with van der Waals surface area (Å²) < 4.78 is 23.8. The normalized spacial score (nSPS) is 17.2. The second-order valence-electron chi connectivity index (χ2n) is 5.80. The maximum Gasteiger partial charge on any atom is 0.223 e. The molecule has 3 rings (SSSR count). The number of benzene rings is 1. The van der Waals surface area contributed by atoms with Gasteiger partial charge >= 0.3 is 0 Å². The first kappa shape index (κ1) is 16.4. The Kier molecular flexibility index (Phi) is 5.08. The Morgan fingerprint density at radius 1 is 1.46 bits per heavy atom. The third kappa shape index (κ3) is 3.72. The van der Waals surface area contributed by atoms with E-state index in [2.05, 4.69) is 10.1 Å². The van der Waals surface area contributed by atoms with E-state index in [4.69, 9.17) is 9.26 Å². The van der Waals surface area contributed by atoms with Crippen LogP contribution >= 0.6 is 0 Å². The highest BCUT2D eigenvalue weighted by Gasteiger charge is 2.32. The van der Waals surface area contributed by atoms with Gasteiger partial charge in [-0.25, -0.2) is 4.39 Å². The number of rotatable bonds is 6. The fourth-order valence-corrected chi connectivity index (χ4v) is 2.89. The van der Waals surface area contributed by atoms with E-state index in [0.29, 0.717) is 37.7 Å². The number of carbonyl (C=O) groups excluding carboxylic acids is 1. The van der Waals surface area contributed by atoms with Crippen LogP contribution in [0.5, 0.6) is 5.75 Å². The number of ether oxygens (including phenoxy) is 1. The van der Waals surface area contributed by atoms with E-state index < -0.39 is 5.82 Å². The first-order valence-corrected chi connectivity index (χ1v) is 8.12. The molecule has 0 spiro atoms. The fourth-order valence-electron chi connectivity index (χ4n) is 2.89. The molecule has 1 amide bonds. The summed E-state index contributed by atoms with van der Waals surface area (Å²) in [4.78, 5) is 18.5. The second-order valence-corrected chi connectivity index (χ2v) is 5.80. The number of likely N-dealkylation sites (tertiary alicyclic amines) is 1. The Morgan fingerprint density at radius 2 is 2.29 bits per heavy atom. The lowest BCUT2D eigenvalue weighted by atomic mass is 10.2. The zero-order valence-electron chi connectivity index (χ0n) is 13.6. The Hall–Kier alpha value is -2.44. The number of aromatic nitrogens is 2. The van der Waals surface area contributed by atoms with Gasteiger partial charge in [-0.05, 0) is 31.4 Å². The van der Waals surface area contributed by atoms with Crippen LogP contribution < -0.4 is 4.74 Å². The minimum absolute atomic E-state index is 0.0390. The van der Waals surface area contributed by atoms with Crippen LogP contribution in [0.1, 0.15) is 43.4 Å². The van der Waals surface area contributed by atoms with Crippen molar-refractivity contribution in [1.82, 2.24) is 15.0 Å². The molecular weight excluding hydrogens is 313 g/mol. The van der Waals surface area contributed by atoms with Gasteiger partial charge in [-0.2, -0.15) is 4.98 Å². The van der Waals surface area contributed by atoms with E-state index in [1.807, 2.05) is 0 Å². The monoisotopic (exact) mass is 333 g/mol. The molecule has 0 aliphatic carbocycles. The van der Waals surface area contributed by atoms with Crippen LogP contribution in [0, 0.1) is 12.7 Å². The first-order valence-electron chi connectivity index (χ1n) is 8.12. The van der Waals surface area contributed by atoms with Gasteiger partial charge in [0.05, 0.1) is 12.6 Å². The molecule has 0 saturated carbocycles. The number of hydrogen-bond donors (Lipinski definition) is 0. The lowest BCUT2D eigenvalue weighted by molar-refractivity contribution is -0.132. The highest BCUT2D eigenvalue weighted by Crippen LogP contribution is 2.30. The molecule has 2 heterocycles. The summed E-state index contributed by atoms with van der Waals surface area (Å²) >= 11 is 0. The van der Waals surface area contributed by atoms with Crippen LogP contribution in [0.4, 0.5) is 4.39 Å². The molecule has 1 atom stereocenters. The van der Waals surface area contributed by atoms with Gasteiger partial charge in [-0.1, -0.05) is 17.3 Å². The van der Waals surface area contributed by atoms with E-state index in [1.165, 1.54) is 6.07 Å². The molecule has 1 fully saturated rings. The van der Waals surface area contributed by atoms with Crippen molar-refractivity contribution in [2.24, 2.45) is 0 Å². The van der Waals surface area contributed by atoms with Crippen molar-refractivity contribution in [2.75, 3.05) is 13.2 Å². The first-order chi connectivity index (χ1) is 11.6. The van der Waals surface area contributed by atoms with Gasteiger partial charge in [0.25, 0.3) is 0 Å². The van der Waals surface area contributed by atoms with Crippen molar-refractivity contribution < 1.29 is 18.4 Å².